The minimum absolute atomic E-state index is 0.836. The highest BCUT2D eigenvalue weighted by Gasteiger charge is 2.19. The van der Waals surface area contributed by atoms with Crippen LogP contribution in [0.1, 0.15) is 42.2 Å². The van der Waals surface area contributed by atoms with Crippen LogP contribution in [0.3, 0.4) is 0 Å². The van der Waals surface area contributed by atoms with Gasteiger partial charge in [-0.25, -0.2) is 9.97 Å². The van der Waals surface area contributed by atoms with Crippen molar-refractivity contribution in [1.82, 2.24) is 15.0 Å². The molecule has 57 heavy (non-hydrogen) atoms. The Morgan fingerprint density at radius 1 is 0.491 bits per heavy atom. The number of nitrogens with zero attached hydrogens (tertiary/aromatic N) is 2. The highest BCUT2D eigenvalue weighted by atomic mass is 127. The van der Waals surface area contributed by atoms with E-state index >= 15 is 0 Å². The SMILES string of the molecule is CC(C)(O)C#Cc1ccc(-c2c3nc(c(-c4ccc(I)cc4)c4ccc([nH]4)c(-c4ccc(I)cc4)c4nc(c(-c5ccc(I)cc5)c5ccc2s5)C=C4)C=C3)cc1. The van der Waals surface area contributed by atoms with E-state index in [2.05, 4.69) is 218 Å². The van der Waals surface area contributed by atoms with Gasteiger partial charge in [0.1, 0.15) is 5.60 Å². The quantitative estimate of drug-likeness (QED) is 0.136. The van der Waals surface area contributed by atoms with Gasteiger partial charge in [-0.2, -0.15) is 0 Å². The van der Waals surface area contributed by atoms with Crippen LogP contribution in [0.4, 0.5) is 0 Å². The number of rotatable bonds is 4. The molecule has 9 rings (SSSR count). The van der Waals surface area contributed by atoms with Gasteiger partial charge in [-0.3, -0.25) is 0 Å². The smallest absolute Gasteiger partial charge is 0.120 e. The topological polar surface area (TPSA) is 61.8 Å². The zero-order chi connectivity index (χ0) is 39.3. The van der Waals surface area contributed by atoms with E-state index in [0.29, 0.717) is 0 Å². The molecule has 0 saturated carbocycles. The number of aromatic nitrogens is 3. The fraction of sp³-hybridized carbons (Fsp3) is 0.0612. The molecule has 3 aromatic heterocycles. The second-order valence-electron chi connectivity index (χ2n) is 14.3. The molecule has 0 amide bonds. The number of aromatic amines is 1. The third-order valence-electron chi connectivity index (χ3n) is 9.71. The Morgan fingerprint density at radius 3 is 1.23 bits per heavy atom. The van der Waals surface area contributed by atoms with E-state index in [9.17, 15) is 5.11 Å². The first kappa shape index (κ1) is 38.1. The summed E-state index contributed by atoms with van der Waals surface area (Å²) in [7, 11) is 0. The van der Waals surface area contributed by atoms with E-state index in [1.807, 2.05) is 12.1 Å². The van der Waals surface area contributed by atoms with Crippen molar-refractivity contribution in [3.05, 3.63) is 160 Å². The number of benzene rings is 4. The van der Waals surface area contributed by atoms with E-state index in [4.69, 9.17) is 9.97 Å². The maximum atomic E-state index is 10.2. The van der Waals surface area contributed by atoms with E-state index in [0.717, 1.165) is 93.3 Å². The molecule has 8 bridgehead atoms. The molecule has 8 heteroatoms. The van der Waals surface area contributed by atoms with Crippen molar-refractivity contribution in [3.63, 3.8) is 0 Å². The number of halogens is 3. The molecule has 0 spiro atoms. The number of nitrogens with one attached hydrogen (secondary N) is 1. The number of thiophene rings is 1. The summed E-state index contributed by atoms with van der Waals surface area (Å²) in [5.74, 6) is 6.07. The summed E-state index contributed by atoms with van der Waals surface area (Å²) in [5, 5.41) is 10.2. The van der Waals surface area contributed by atoms with E-state index < -0.39 is 5.60 Å². The van der Waals surface area contributed by atoms with Gasteiger partial charge in [-0.15, -0.1) is 11.3 Å². The molecule has 0 saturated heterocycles. The van der Waals surface area contributed by atoms with Crippen molar-refractivity contribution in [3.8, 4) is 56.3 Å². The van der Waals surface area contributed by atoms with E-state index in [1.54, 1.807) is 25.2 Å². The summed E-state index contributed by atoms with van der Waals surface area (Å²) in [6.45, 7) is 3.39. The minimum Gasteiger partial charge on any atom is -0.378 e. The number of hydrogen-bond donors (Lipinski definition) is 2. The summed E-state index contributed by atoms with van der Waals surface area (Å²) < 4.78 is 5.73. The van der Waals surface area contributed by atoms with Crippen LogP contribution in [0, 0.1) is 22.6 Å². The molecule has 276 valence electrons. The fourth-order valence-electron chi connectivity index (χ4n) is 7.09. The van der Waals surface area contributed by atoms with Gasteiger partial charge in [-0.05, 0) is 201 Å². The Hall–Kier alpha value is -4.39. The van der Waals surface area contributed by atoms with Gasteiger partial charge < -0.3 is 10.1 Å². The van der Waals surface area contributed by atoms with Gasteiger partial charge in [0.15, 0.2) is 0 Å². The third kappa shape index (κ3) is 8.05. The minimum atomic E-state index is -1.08. The Bertz CT molecular complexity index is 2950. The van der Waals surface area contributed by atoms with Crippen molar-refractivity contribution >= 4 is 124 Å². The van der Waals surface area contributed by atoms with Crippen molar-refractivity contribution in [2.75, 3.05) is 0 Å². The summed E-state index contributed by atoms with van der Waals surface area (Å²) in [6.07, 6.45) is 8.58. The predicted octanol–water partition coefficient (Wildman–Crippen LogP) is 14.0. The maximum absolute atomic E-state index is 10.2. The molecule has 0 atom stereocenters. The molecular formula is C49H32I3N3OS. The lowest BCUT2D eigenvalue weighted by Crippen LogP contribution is -2.14. The summed E-state index contributed by atoms with van der Waals surface area (Å²) in [6, 6.07) is 43.0. The van der Waals surface area contributed by atoms with Gasteiger partial charge >= 0.3 is 0 Å². The maximum Gasteiger partial charge on any atom is 0.120 e. The number of fused-ring (bicyclic) bond motifs is 8. The molecule has 0 radical (unpaired) electrons. The lowest BCUT2D eigenvalue weighted by molar-refractivity contribution is 0.143. The molecule has 0 unspecified atom stereocenters. The highest BCUT2D eigenvalue weighted by Crippen LogP contribution is 2.41. The van der Waals surface area contributed by atoms with Gasteiger partial charge in [0, 0.05) is 59.0 Å². The first-order chi connectivity index (χ1) is 27.6. The Balaban J connectivity index is 1.42. The molecule has 4 nitrogen and oxygen atoms in total. The van der Waals surface area contributed by atoms with Crippen LogP contribution in [0.15, 0.2) is 121 Å². The Kier molecular flexibility index (Phi) is 10.5. The van der Waals surface area contributed by atoms with Crippen molar-refractivity contribution in [2.24, 2.45) is 0 Å². The largest absolute Gasteiger partial charge is 0.378 e. The van der Waals surface area contributed by atoms with Crippen molar-refractivity contribution in [2.45, 2.75) is 19.4 Å². The molecule has 2 aliphatic heterocycles. The standard InChI is InChI=1S/C49H32I3N3OS/c1-49(2,56)28-27-29-3-5-32(6-4-29)47-41-23-21-39(54-41)45(30-7-13-34(50)14-8-30)37-19-20-38(53-37)46(31-9-15-35(51)16-10-31)40-22-24-42(55-40)48(44-26-25-43(47)57-44)33-11-17-36(52)18-12-33/h3-26,53,56H,1-2H3. The average Bonchev–Trinajstić information content (AvgIpc) is 4.04. The van der Waals surface area contributed by atoms with Crippen LogP contribution in [0.25, 0.3) is 89.2 Å². The van der Waals surface area contributed by atoms with Gasteiger partial charge in [-0.1, -0.05) is 60.4 Å². The van der Waals surface area contributed by atoms with Crippen LogP contribution >= 0.6 is 79.1 Å². The lowest BCUT2D eigenvalue weighted by atomic mass is 10.0. The lowest BCUT2D eigenvalue weighted by Gasteiger charge is -2.07. The van der Waals surface area contributed by atoms with E-state index in [1.165, 1.54) is 10.7 Å². The van der Waals surface area contributed by atoms with Gasteiger partial charge in [0.2, 0.25) is 0 Å². The molecule has 4 aromatic carbocycles. The second kappa shape index (κ2) is 15.8. The van der Waals surface area contributed by atoms with E-state index in [-0.39, 0.29) is 0 Å². The van der Waals surface area contributed by atoms with Crippen LogP contribution in [0.2, 0.25) is 0 Å². The zero-order valence-corrected chi connectivity index (χ0v) is 38.0. The number of hydrogen-bond acceptors (Lipinski definition) is 4. The van der Waals surface area contributed by atoms with Crippen LogP contribution in [0.5, 0.6) is 0 Å². The monoisotopic (exact) mass is 1090 g/mol. The van der Waals surface area contributed by atoms with Gasteiger partial charge in [0.25, 0.3) is 0 Å². The van der Waals surface area contributed by atoms with Crippen LogP contribution in [-0.4, -0.2) is 25.7 Å². The summed E-state index contributed by atoms with van der Waals surface area (Å²) >= 11 is 8.83. The zero-order valence-electron chi connectivity index (χ0n) is 30.7. The van der Waals surface area contributed by atoms with Crippen molar-refractivity contribution < 1.29 is 5.11 Å². The molecular weight excluding hydrogens is 1060 g/mol. The molecule has 2 N–H and O–H groups in total. The predicted molar refractivity (Wildman–Crippen MR) is 265 cm³/mol. The molecule has 2 aliphatic rings. The second-order valence-corrected chi connectivity index (χ2v) is 19.1. The molecule has 0 fully saturated rings. The summed E-state index contributed by atoms with van der Waals surface area (Å²) in [4.78, 5) is 14.7. The van der Waals surface area contributed by atoms with Crippen LogP contribution in [-0.2, 0) is 0 Å². The highest BCUT2D eigenvalue weighted by molar-refractivity contribution is 14.1. The Morgan fingerprint density at radius 2 is 0.842 bits per heavy atom. The molecule has 7 aromatic rings. The number of H-pyrrole nitrogens is 1. The molecule has 5 heterocycles. The fourth-order valence-corrected chi connectivity index (χ4v) is 9.32. The third-order valence-corrected chi connectivity index (χ3v) is 13.0. The first-order valence-corrected chi connectivity index (χ1v) is 22.3. The van der Waals surface area contributed by atoms with Gasteiger partial charge in [0.05, 0.1) is 22.8 Å². The number of aliphatic hydroxyl groups is 1. The molecule has 0 aliphatic carbocycles. The summed E-state index contributed by atoms with van der Waals surface area (Å²) in [5.41, 5.74) is 13.8. The Labute approximate surface area is 376 Å². The average molecular weight is 1090 g/mol. The van der Waals surface area contributed by atoms with Crippen molar-refractivity contribution in [1.29, 1.82) is 0 Å². The normalized spacial score (nSPS) is 12.1. The first-order valence-electron chi connectivity index (χ1n) is 18.3. The van der Waals surface area contributed by atoms with Crippen LogP contribution < -0.4 is 0 Å².